The van der Waals surface area contributed by atoms with Gasteiger partial charge in [-0.05, 0) is 43.9 Å². The quantitative estimate of drug-likeness (QED) is 0.291. The number of rotatable bonds is 6. The molecule has 0 bridgehead atoms. The predicted octanol–water partition coefficient (Wildman–Crippen LogP) is 4.33. The van der Waals surface area contributed by atoms with Crippen molar-refractivity contribution in [1.82, 2.24) is 44.4 Å². The van der Waals surface area contributed by atoms with Gasteiger partial charge in [0.25, 0.3) is 0 Å². The van der Waals surface area contributed by atoms with Gasteiger partial charge in [-0.2, -0.15) is 5.10 Å². The maximum Gasteiger partial charge on any atom is 0.319 e. The molecular weight excluding hydrogens is 568 g/mol. The third kappa shape index (κ3) is 5.54. The number of urea groups is 1. The fourth-order valence-electron chi connectivity index (χ4n) is 7.00. The van der Waals surface area contributed by atoms with Gasteiger partial charge < -0.3 is 25.3 Å². The highest BCUT2D eigenvalue weighted by atomic mass is 16.5. The summed E-state index contributed by atoms with van der Waals surface area (Å²) in [5.41, 5.74) is 11.9. The van der Waals surface area contributed by atoms with Crippen LogP contribution in [0.15, 0.2) is 48.8 Å². The van der Waals surface area contributed by atoms with Crippen LogP contribution in [-0.4, -0.2) is 104 Å². The average molecular weight is 609 g/mol. The number of carbonyl (C=O) groups is 1. The Kier molecular flexibility index (Phi) is 7.74. The van der Waals surface area contributed by atoms with Gasteiger partial charge in [0.2, 0.25) is 0 Å². The Balaban J connectivity index is 1.11. The minimum absolute atomic E-state index is 0.0981. The molecule has 0 unspecified atom stereocenters. The summed E-state index contributed by atoms with van der Waals surface area (Å²) in [6.45, 7) is 3.40. The Morgan fingerprint density at radius 2 is 1.78 bits per heavy atom. The van der Waals surface area contributed by atoms with E-state index in [1.807, 2.05) is 49.3 Å². The summed E-state index contributed by atoms with van der Waals surface area (Å²) in [4.78, 5) is 35.9. The maximum atomic E-state index is 12.4. The molecule has 4 heterocycles. The molecule has 2 amide bonds. The number of aromatic nitrogens is 6. The molecule has 1 aliphatic heterocycles. The normalized spacial score (nSPS) is 19.3. The van der Waals surface area contributed by atoms with E-state index < -0.39 is 0 Å². The van der Waals surface area contributed by atoms with Crippen LogP contribution >= 0.6 is 0 Å². The molecule has 3 N–H and O–H groups in total. The minimum Gasteiger partial charge on any atom is -0.496 e. The SMILES string of the molecule is COc1ccccc1Cc1nc2ccc(-c3nn(C4CCC(N5CCN(C(=O)N(C)C)CC5)CC4)c4ncnc(N)c34)cc2[nH]1. The van der Waals surface area contributed by atoms with Gasteiger partial charge in [0.1, 0.15) is 29.4 Å². The van der Waals surface area contributed by atoms with Gasteiger partial charge in [-0.15, -0.1) is 0 Å². The van der Waals surface area contributed by atoms with Crippen molar-refractivity contribution in [3.8, 4) is 17.0 Å². The lowest BCUT2D eigenvalue weighted by Gasteiger charge is -2.42. The molecule has 7 rings (SSSR count). The van der Waals surface area contributed by atoms with Crippen LogP contribution in [0.3, 0.4) is 0 Å². The van der Waals surface area contributed by atoms with Gasteiger partial charge in [0, 0.05) is 63.9 Å². The summed E-state index contributed by atoms with van der Waals surface area (Å²) < 4.78 is 7.62. The van der Waals surface area contributed by atoms with Crippen LogP contribution in [0.1, 0.15) is 43.1 Å². The monoisotopic (exact) mass is 608 g/mol. The zero-order valence-corrected chi connectivity index (χ0v) is 26.1. The first-order valence-corrected chi connectivity index (χ1v) is 15.7. The molecule has 45 heavy (non-hydrogen) atoms. The Labute approximate surface area is 262 Å². The molecule has 12 nitrogen and oxygen atoms in total. The van der Waals surface area contributed by atoms with E-state index in [-0.39, 0.29) is 12.1 Å². The molecule has 2 aromatic carbocycles. The third-order valence-corrected chi connectivity index (χ3v) is 9.37. The average Bonchev–Trinajstić information content (AvgIpc) is 3.66. The van der Waals surface area contributed by atoms with Crippen LogP contribution in [0.2, 0.25) is 0 Å². The van der Waals surface area contributed by atoms with Gasteiger partial charge in [0.15, 0.2) is 5.65 Å². The van der Waals surface area contributed by atoms with E-state index in [4.69, 9.17) is 20.6 Å². The van der Waals surface area contributed by atoms with Crippen LogP contribution in [0.25, 0.3) is 33.3 Å². The Morgan fingerprint density at radius 1 is 1.02 bits per heavy atom. The van der Waals surface area contributed by atoms with Crippen LogP contribution in [0.4, 0.5) is 10.6 Å². The van der Waals surface area contributed by atoms with E-state index in [1.54, 1.807) is 12.0 Å². The minimum atomic E-state index is 0.0981. The number of methoxy groups -OCH3 is 1. The number of nitrogens with zero attached hydrogens (tertiary/aromatic N) is 8. The lowest BCUT2D eigenvalue weighted by Crippen LogP contribution is -2.54. The summed E-state index contributed by atoms with van der Waals surface area (Å²) in [5.74, 6) is 2.15. The first kappa shape index (κ1) is 29.0. The summed E-state index contributed by atoms with van der Waals surface area (Å²) in [7, 11) is 5.32. The number of anilines is 1. The van der Waals surface area contributed by atoms with Crippen molar-refractivity contribution in [2.45, 2.75) is 44.2 Å². The summed E-state index contributed by atoms with van der Waals surface area (Å²) in [6.07, 6.45) is 6.35. The second kappa shape index (κ2) is 12.0. The molecule has 3 aromatic heterocycles. The number of nitrogen functional groups attached to an aromatic ring is 1. The topological polar surface area (TPSA) is 134 Å². The van der Waals surface area contributed by atoms with Crippen molar-refractivity contribution < 1.29 is 9.53 Å². The Morgan fingerprint density at radius 3 is 2.53 bits per heavy atom. The smallest absolute Gasteiger partial charge is 0.319 e. The zero-order valence-electron chi connectivity index (χ0n) is 26.1. The number of amides is 2. The van der Waals surface area contributed by atoms with Crippen molar-refractivity contribution in [2.24, 2.45) is 0 Å². The van der Waals surface area contributed by atoms with E-state index >= 15 is 0 Å². The van der Waals surface area contributed by atoms with Crippen molar-refractivity contribution >= 4 is 33.9 Å². The number of fused-ring (bicyclic) bond motifs is 2. The fraction of sp³-hybridized carbons (Fsp3) is 0.424. The zero-order chi connectivity index (χ0) is 31.1. The van der Waals surface area contributed by atoms with Crippen molar-refractivity contribution in [2.75, 3.05) is 53.1 Å². The number of ether oxygens (including phenoxy) is 1. The van der Waals surface area contributed by atoms with E-state index in [2.05, 4.69) is 36.7 Å². The van der Waals surface area contributed by atoms with Crippen molar-refractivity contribution in [3.63, 3.8) is 0 Å². The van der Waals surface area contributed by atoms with Crippen molar-refractivity contribution in [3.05, 3.63) is 60.2 Å². The highest BCUT2D eigenvalue weighted by Gasteiger charge is 2.32. The van der Waals surface area contributed by atoms with Gasteiger partial charge in [-0.3, -0.25) is 4.90 Å². The van der Waals surface area contributed by atoms with Gasteiger partial charge >= 0.3 is 6.03 Å². The lowest BCUT2D eigenvalue weighted by atomic mass is 9.90. The molecule has 0 atom stereocenters. The molecular formula is C33H40N10O2. The summed E-state index contributed by atoms with van der Waals surface area (Å²) in [6, 6.07) is 15.0. The first-order valence-electron chi connectivity index (χ1n) is 15.7. The summed E-state index contributed by atoms with van der Waals surface area (Å²) >= 11 is 0. The molecule has 1 saturated heterocycles. The van der Waals surface area contributed by atoms with E-state index in [0.717, 1.165) is 102 Å². The van der Waals surface area contributed by atoms with E-state index in [1.165, 1.54) is 6.33 Å². The van der Waals surface area contributed by atoms with Gasteiger partial charge in [-0.25, -0.2) is 24.4 Å². The highest BCUT2D eigenvalue weighted by molar-refractivity contribution is 5.99. The largest absolute Gasteiger partial charge is 0.496 e. The number of nitrogens with one attached hydrogen (secondary N) is 1. The van der Waals surface area contributed by atoms with Crippen LogP contribution < -0.4 is 10.5 Å². The molecule has 2 fully saturated rings. The standard InChI is InChI=1S/C33H40N10O2/c1-40(2)33(44)42-16-14-41(15-17-42)23-9-11-24(12-10-23)43-32-29(31(34)35-20-36-32)30(39-43)22-8-13-25-26(18-22)38-28(37-25)19-21-6-4-5-7-27(21)45-3/h4-8,13,18,20,23-24H,9-12,14-17,19H2,1-3H3,(H,37,38)(H2,34,35,36). The molecule has 1 saturated carbocycles. The molecule has 234 valence electrons. The lowest BCUT2D eigenvalue weighted by molar-refractivity contribution is 0.0754. The van der Waals surface area contributed by atoms with Crippen LogP contribution in [0.5, 0.6) is 5.75 Å². The van der Waals surface area contributed by atoms with Crippen LogP contribution in [-0.2, 0) is 6.42 Å². The first-order chi connectivity index (χ1) is 21.9. The number of para-hydroxylation sites is 1. The number of imidazole rings is 1. The second-order valence-corrected chi connectivity index (χ2v) is 12.3. The second-order valence-electron chi connectivity index (χ2n) is 12.3. The number of aromatic amines is 1. The highest BCUT2D eigenvalue weighted by Crippen LogP contribution is 2.37. The number of hydrogen-bond acceptors (Lipinski definition) is 8. The fourth-order valence-corrected chi connectivity index (χ4v) is 7.00. The van der Waals surface area contributed by atoms with Crippen LogP contribution in [0, 0.1) is 0 Å². The molecule has 0 spiro atoms. The number of carbonyl (C=O) groups excluding carboxylic acids is 1. The molecule has 1 aliphatic carbocycles. The molecule has 0 radical (unpaired) electrons. The number of piperazine rings is 1. The predicted molar refractivity (Wildman–Crippen MR) is 174 cm³/mol. The Bertz CT molecular complexity index is 1830. The third-order valence-electron chi connectivity index (χ3n) is 9.37. The molecule has 12 heteroatoms. The number of H-pyrrole nitrogens is 1. The number of nitrogens with two attached hydrogens (primary N) is 1. The summed E-state index contributed by atoms with van der Waals surface area (Å²) in [5, 5.41) is 5.94. The van der Waals surface area contributed by atoms with Crippen molar-refractivity contribution in [1.29, 1.82) is 0 Å². The van der Waals surface area contributed by atoms with Gasteiger partial charge in [0.05, 0.1) is 29.6 Å². The maximum absolute atomic E-state index is 12.4. The Hall–Kier alpha value is -4.71. The number of hydrogen-bond donors (Lipinski definition) is 2. The molecule has 5 aromatic rings. The van der Waals surface area contributed by atoms with Gasteiger partial charge in [-0.1, -0.05) is 24.3 Å². The van der Waals surface area contributed by atoms with E-state index in [0.29, 0.717) is 18.3 Å². The van der Waals surface area contributed by atoms with E-state index in [9.17, 15) is 4.79 Å². The molecule has 2 aliphatic rings. The number of benzene rings is 2.